The first-order chi connectivity index (χ1) is 16.1. The number of pyridine rings is 1. The second-order valence-corrected chi connectivity index (χ2v) is 9.15. The molecule has 8 heteroatoms. The van der Waals surface area contributed by atoms with Crippen LogP contribution in [0.4, 0.5) is 10.5 Å². The lowest BCUT2D eigenvalue weighted by atomic mass is 10.1. The number of piperidine rings is 1. The first kappa shape index (κ1) is 21.7. The maximum atomic E-state index is 12.6. The fourth-order valence-electron chi connectivity index (χ4n) is 4.69. The fraction of sp³-hybridized carbons (Fsp3) is 0.480. The minimum Gasteiger partial charge on any atom is -0.487 e. The summed E-state index contributed by atoms with van der Waals surface area (Å²) in [4.78, 5) is 35.1. The van der Waals surface area contributed by atoms with Crippen LogP contribution >= 0.6 is 0 Å². The summed E-state index contributed by atoms with van der Waals surface area (Å²) in [5, 5.41) is 2.94. The summed E-state index contributed by atoms with van der Waals surface area (Å²) in [6.07, 6.45) is 8.01. The van der Waals surface area contributed by atoms with Crippen molar-refractivity contribution in [3.63, 3.8) is 0 Å². The summed E-state index contributed by atoms with van der Waals surface area (Å²) < 4.78 is 5.99. The van der Waals surface area contributed by atoms with Crippen LogP contribution in [0.5, 0.6) is 5.75 Å². The van der Waals surface area contributed by atoms with Gasteiger partial charge in [0.2, 0.25) is 5.91 Å². The number of nitrogens with one attached hydrogen (secondary N) is 1. The van der Waals surface area contributed by atoms with Gasteiger partial charge in [0.05, 0.1) is 13.1 Å². The Labute approximate surface area is 194 Å². The number of likely N-dealkylation sites (tertiary alicyclic amines) is 2. The van der Waals surface area contributed by atoms with E-state index < -0.39 is 0 Å². The Balaban J connectivity index is 1.03. The third kappa shape index (κ3) is 5.27. The van der Waals surface area contributed by atoms with Crippen LogP contribution in [0, 0.1) is 0 Å². The highest BCUT2D eigenvalue weighted by molar-refractivity contribution is 5.89. The summed E-state index contributed by atoms with van der Waals surface area (Å²) in [5.41, 5.74) is 2.96. The number of nitrogens with zero attached hydrogens (tertiary/aromatic N) is 4. The van der Waals surface area contributed by atoms with E-state index in [1.165, 1.54) is 19.3 Å². The maximum Gasteiger partial charge on any atom is 0.322 e. The normalized spacial score (nSPS) is 18.5. The van der Waals surface area contributed by atoms with E-state index in [0.717, 1.165) is 42.2 Å². The molecule has 2 fully saturated rings. The lowest BCUT2D eigenvalue weighted by Crippen LogP contribution is -2.56. The maximum absolute atomic E-state index is 12.6. The SMILES string of the molecule is O=C(CCN1CCCCC1)N1CC(Oc2ccc(NC(=O)N3Cc4ccncc4C3)cc2)C1. The lowest BCUT2D eigenvalue weighted by molar-refractivity contribution is -0.140. The first-order valence-electron chi connectivity index (χ1n) is 11.9. The standard InChI is InChI=1S/C25H31N5O3/c31-24(9-13-28-11-2-1-3-12-28)29-17-23(18-29)33-22-6-4-21(5-7-22)27-25(32)30-15-19-8-10-26-14-20(19)16-30/h4-8,10,14,23H,1-3,9,11-13,15-18H2,(H,27,32). The molecule has 0 radical (unpaired) electrons. The molecule has 8 nitrogen and oxygen atoms in total. The van der Waals surface area contributed by atoms with E-state index in [2.05, 4.69) is 15.2 Å². The Bertz CT molecular complexity index is 959. The molecule has 4 heterocycles. The Morgan fingerprint density at radius 3 is 2.48 bits per heavy atom. The number of fused-ring (bicyclic) bond motifs is 1. The quantitative estimate of drug-likeness (QED) is 0.733. The van der Waals surface area contributed by atoms with Gasteiger partial charge in [-0.05, 0) is 67.4 Å². The predicted molar refractivity (Wildman–Crippen MR) is 125 cm³/mol. The first-order valence-corrected chi connectivity index (χ1v) is 11.9. The zero-order chi connectivity index (χ0) is 22.6. The van der Waals surface area contributed by atoms with Crippen LogP contribution in [-0.2, 0) is 17.9 Å². The molecule has 174 valence electrons. The molecule has 1 N–H and O–H groups in total. The number of hydrogen-bond acceptors (Lipinski definition) is 5. The smallest absolute Gasteiger partial charge is 0.322 e. The highest BCUT2D eigenvalue weighted by Crippen LogP contribution is 2.24. The van der Waals surface area contributed by atoms with Crippen molar-refractivity contribution >= 4 is 17.6 Å². The van der Waals surface area contributed by atoms with Gasteiger partial charge in [-0.1, -0.05) is 6.42 Å². The fourth-order valence-corrected chi connectivity index (χ4v) is 4.69. The number of ether oxygens (including phenoxy) is 1. The molecule has 0 atom stereocenters. The molecular formula is C25H31N5O3. The van der Waals surface area contributed by atoms with Gasteiger partial charge in [-0.15, -0.1) is 0 Å². The van der Waals surface area contributed by atoms with Gasteiger partial charge in [-0.25, -0.2) is 4.79 Å². The summed E-state index contributed by atoms with van der Waals surface area (Å²) in [7, 11) is 0. The van der Waals surface area contributed by atoms with E-state index in [4.69, 9.17) is 4.74 Å². The highest BCUT2D eigenvalue weighted by atomic mass is 16.5. The molecular weight excluding hydrogens is 418 g/mol. The minimum atomic E-state index is -0.127. The van der Waals surface area contributed by atoms with Crippen LogP contribution < -0.4 is 10.1 Å². The van der Waals surface area contributed by atoms with Gasteiger partial charge in [0, 0.05) is 44.1 Å². The van der Waals surface area contributed by atoms with Crippen LogP contribution in [0.2, 0.25) is 0 Å². The second-order valence-electron chi connectivity index (χ2n) is 9.15. The van der Waals surface area contributed by atoms with Crippen molar-refractivity contribution in [2.75, 3.05) is 38.0 Å². The average molecular weight is 450 g/mol. The van der Waals surface area contributed by atoms with Crippen molar-refractivity contribution in [2.45, 2.75) is 44.9 Å². The van der Waals surface area contributed by atoms with E-state index in [1.54, 1.807) is 11.1 Å². The molecule has 0 aliphatic carbocycles. The van der Waals surface area contributed by atoms with Gasteiger partial charge in [0.1, 0.15) is 11.9 Å². The largest absolute Gasteiger partial charge is 0.487 e. The molecule has 5 rings (SSSR count). The molecule has 0 unspecified atom stereocenters. The minimum absolute atomic E-state index is 0.0288. The molecule has 3 aliphatic heterocycles. The van der Waals surface area contributed by atoms with Crippen molar-refractivity contribution in [1.82, 2.24) is 19.7 Å². The average Bonchev–Trinajstić information content (AvgIpc) is 3.26. The molecule has 0 saturated carbocycles. The molecule has 1 aromatic carbocycles. The summed E-state index contributed by atoms with van der Waals surface area (Å²) >= 11 is 0. The van der Waals surface area contributed by atoms with Gasteiger partial charge in [0.15, 0.2) is 0 Å². The third-order valence-electron chi connectivity index (χ3n) is 6.71. The number of amides is 3. The van der Waals surface area contributed by atoms with Crippen LogP contribution in [0.15, 0.2) is 42.7 Å². The number of carbonyl (C=O) groups is 2. The molecule has 33 heavy (non-hydrogen) atoms. The number of hydrogen-bond donors (Lipinski definition) is 1. The number of anilines is 1. The second kappa shape index (κ2) is 9.79. The molecule has 1 aromatic heterocycles. The zero-order valence-corrected chi connectivity index (χ0v) is 18.9. The third-order valence-corrected chi connectivity index (χ3v) is 6.71. The van der Waals surface area contributed by atoms with Crippen LogP contribution in [0.3, 0.4) is 0 Å². The lowest BCUT2D eigenvalue weighted by Gasteiger charge is -2.39. The molecule has 3 amide bonds. The Morgan fingerprint density at radius 2 is 1.73 bits per heavy atom. The van der Waals surface area contributed by atoms with Crippen LogP contribution in [-0.4, -0.2) is 70.4 Å². The van der Waals surface area contributed by atoms with Crippen molar-refractivity contribution in [2.24, 2.45) is 0 Å². The molecule has 3 aliphatic rings. The molecule has 2 saturated heterocycles. The van der Waals surface area contributed by atoms with E-state index in [1.807, 2.05) is 41.4 Å². The number of aromatic nitrogens is 1. The van der Waals surface area contributed by atoms with Crippen LogP contribution in [0.25, 0.3) is 0 Å². The van der Waals surface area contributed by atoms with E-state index in [0.29, 0.717) is 32.6 Å². The topological polar surface area (TPSA) is 78.0 Å². The van der Waals surface area contributed by atoms with E-state index in [-0.39, 0.29) is 18.0 Å². The number of carbonyl (C=O) groups excluding carboxylic acids is 2. The molecule has 2 aromatic rings. The Hall–Kier alpha value is -3.13. The van der Waals surface area contributed by atoms with Gasteiger partial charge >= 0.3 is 6.03 Å². The number of rotatable bonds is 6. The monoisotopic (exact) mass is 449 g/mol. The van der Waals surface area contributed by atoms with Gasteiger partial charge in [0.25, 0.3) is 0 Å². The van der Waals surface area contributed by atoms with Gasteiger partial charge in [-0.2, -0.15) is 0 Å². The van der Waals surface area contributed by atoms with Crippen molar-refractivity contribution in [1.29, 1.82) is 0 Å². The number of urea groups is 1. The summed E-state index contributed by atoms with van der Waals surface area (Å²) in [6.45, 7) is 5.57. The van der Waals surface area contributed by atoms with E-state index >= 15 is 0 Å². The predicted octanol–water partition coefficient (Wildman–Crippen LogP) is 3.09. The van der Waals surface area contributed by atoms with Gasteiger partial charge < -0.3 is 24.8 Å². The highest BCUT2D eigenvalue weighted by Gasteiger charge is 2.32. The van der Waals surface area contributed by atoms with Crippen molar-refractivity contribution < 1.29 is 14.3 Å². The summed E-state index contributed by atoms with van der Waals surface area (Å²) in [5.74, 6) is 0.969. The molecule has 0 spiro atoms. The summed E-state index contributed by atoms with van der Waals surface area (Å²) in [6, 6.07) is 9.24. The Morgan fingerprint density at radius 1 is 0.970 bits per heavy atom. The van der Waals surface area contributed by atoms with Crippen LogP contribution in [0.1, 0.15) is 36.8 Å². The van der Waals surface area contributed by atoms with Crippen molar-refractivity contribution in [3.05, 3.63) is 53.9 Å². The number of benzene rings is 1. The van der Waals surface area contributed by atoms with Gasteiger partial charge in [-0.3, -0.25) is 9.78 Å². The molecule has 0 bridgehead atoms. The van der Waals surface area contributed by atoms with E-state index in [9.17, 15) is 9.59 Å². The Kier molecular flexibility index (Phi) is 6.44. The zero-order valence-electron chi connectivity index (χ0n) is 18.9. The van der Waals surface area contributed by atoms with Crippen molar-refractivity contribution in [3.8, 4) is 5.75 Å².